The first-order valence-corrected chi connectivity index (χ1v) is 12.2. The van der Waals surface area contributed by atoms with Gasteiger partial charge < -0.3 is 10.5 Å². The van der Waals surface area contributed by atoms with Crippen LogP contribution in [0.25, 0.3) is 0 Å². The van der Waals surface area contributed by atoms with E-state index in [0.717, 1.165) is 11.1 Å². The summed E-state index contributed by atoms with van der Waals surface area (Å²) in [5, 5.41) is 0. The van der Waals surface area contributed by atoms with Crippen molar-refractivity contribution >= 4 is 40.8 Å². The van der Waals surface area contributed by atoms with Crippen molar-refractivity contribution in [2.24, 2.45) is 5.73 Å². The summed E-state index contributed by atoms with van der Waals surface area (Å²) < 4.78 is 5.27. The summed E-state index contributed by atoms with van der Waals surface area (Å²) in [5.41, 5.74) is 9.71. The van der Waals surface area contributed by atoms with E-state index in [9.17, 15) is 9.59 Å². The lowest BCUT2D eigenvalue weighted by molar-refractivity contribution is -0.118. The third-order valence-corrected chi connectivity index (χ3v) is 6.29. The zero-order valence-corrected chi connectivity index (χ0v) is 21.4. The third kappa shape index (κ3) is 4.67. The summed E-state index contributed by atoms with van der Waals surface area (Å²) >= 11 is 0. The number of nitrogens with two attached hydrogens (primary N) is 1. The number of fused-ring (bicyclic) bond motifs is 1. The fraction of sp³-hybridized carbons (Fsp3) is 0.172. The highest BCUT2D eigenvalue weighted by atomic mass is 16.5. The topological polar surface area (TPSA) is 105 Å². The molecule has 0 saturated heterocycles. The molecular formula is C29H28N6O3. The van der Waals surface area contributed by atoms with E-state index in [0.29, 0.717) is 28.6 Å². The molecule has 2 N–H and O–H groups in total. The van der Waals surface area contributed by atoms with E-state index in [1.54, 1.807) is 25.1 Å². The van der Waals surface area contributed by atoms with Gasteiger partial charge in [-0.2, -0.15) is 4.98 Å². The van der Waals surface area contributed by atoms with Crippen molar-refractivity contribution in [3.05, 3.63) is 96.2 Å². The Morgan fingerprint density at radius 2 is 1.68 bits per heavy atom. The van der Waals surface area contributed by atoms with Gasteiger partial charge >= 0.3 is 6.03 Å². The van der Waals surface area contributed by atoms with Gasteiger partial charge in [0.15, 0.2) is 5.82 Å². The number of anilines is 5. The molecule has 4 aromatic rings. The van der Waals surface area contributed by atoms with Crippen molar-refractivity contribution in [1.29, 1.82) is 0 Å². The molecule has 1 aliphatic heterocycles. The zero-order valence-electron chi connectivity index (χ0n) is 21.4. The van der Waals surface area contributed by atoms with Crippen molar-refractivity contribution in [2.45, 2.75) is 26.4 Å². The van der Waals surface area contributed by atoms with Gasteiger partial charge in [0.25, 0.3) is 5.91 Å². The number of methoxy groups -OCH3 is 1. The molecule has 1 aliphatic rings. The summed E-state index contributed by atoms with van der Waals surface area (Å²) in [6, 6.07) is 23.0. The minimum atomic E-state index is -0.784. The van der Waals surface area contributed by atoms with Gasteiger partial charge in [-0.1, -0.05) is 35.9 Å². The van der Waals surface area contributed by atoms with Gasteiger partial charge in [0.2, 0.25) is 5.95 Å². The highest BCUT2D eigenvalue weighted by Gasteiger charge is 2.35. The van der Waals surface area contributed by atoms with Gasteiger partial charge in [-0.3, -0.25) is 9.69 Å². The van der Waals surface area contributed by atoms with Crippen LogP contribution in [0.5, 0.6) is 5.75 Å². The van der Waals surface area contributed by atoms with Crippen molar-refractivity contribution in [2.75, 3.05) is 21.8 Å². The quantitative estimate of drug-likeness (QED) is 0.389. The number of para-hydroxylation sites is 1. The average Bonchev–Trinajstić information content (AvgIpc) is 2.94. The van der Waals surface area contributed by atoms with Crippen LogP contribution in [0.2, 0.25) is 0 Å². The second-order valence-electron chi connectivity index (χ2n) is 9.05. The van der Waals surface area contributed by atoms with E-state index < -0.39 is 6.04 Å². The molecule has 9 nitrogen and oxygen atoms in total. The molecule has 0 bridgehead atoms. The summed E-state index contributed by atoms with van der Waals surface area (Å²) in [5.74, 6) is 0.885. The number of amides is 3. The molecule has 0 unspecified atom stereocenters. The van der Waals surface area contributed by atoms with Crippen molar-refractivity contribution in [3.63, 3.8) is 0 Å². The summed E-state index contributed by atoms with van der Waals surface area (Å²) in [4.78, 5) is 41.1. The molecule has 38 heavy (non-hydrogen) atoms. The Labute approximate surface area is 221 Å². The maximum absolute atomic E-state index is 13.9. The Kier molecular flexibility index (Phi) is 6.76. The molecule has 3 aromatic carbocycles. The van der Waals surface area contributed by atoms with E-state index in [1.807, 2.05) is 85.8 Å². The Balaban J connectivity index is 1.63. The molecule has 0 spiro atoms. The molecule has 2 heterocycles. The van der Waals surface area contributed by atoms with Crippen LogP contribution in [0.15, 0.2) is 85.1 Å². The molecule has 0 saturated carbocycles. The fourth-order valence-electron chi connectivity index (χ4n) is 4.26. The van der Waals surface area contributed by atoms with Gasteiger partial charge in [0, 0.05) is 17.4 Å². The van der Waals surface area contributed by atoms with Crippen LogP contribution in [0.1, 0.15) is 18.1 Å². The number of nitrogens with zero attached hydrogens (tertiary/aromatic N) is 5. The molecule has 0 aliphatic carbocycles. The molecule has 0 fully saturated rings. The first-order valence-electron chi connectivity index (χ1n) is 12.2. The Morgan fingerprint density at radius 3 is 2.32 bits per heavy atom. The smallest absolute Gasteiger partial charge is 0.335 e. The van der Waals surface area contributed by atoms with Crippen LogP contribution >= 0.6 is 0 Å². The third-order valence-electron chi connectivity index (χ3n) is 6.29. The molecule has 1 atom stereocenters. The maximum atomic E-state index is 13.9. The Hall–Kier alpha value is -4.76. The summed E-state index contributed by atoms with van der Waals surface area (Å²) in [7, 11) is 1.60. The van der Waals surface area contributed by atoms with E-state index in [2.05, 4.69) is 4.98 Å². The van der Waals surface area contributed by atoms with Gasteiger partial charge in [-0.05, 0) is 62.4 Å². The van der Waals surface area contributed by atoms with Crippen molar-refractivity contribution in [3.8, 4) is 5.75 Å². The predicted octanol–water partition coefficient (Wildman–Crippen LogP) is 5.08. The first-order chi connectivity index (χ1) is 18.4. The number of aromatic nitrogens is 2. The van der Waals surface area contributed by atoms with E-state index >= 15 is 0 Å². The highest BCUT2D eigenvalue weighted by molar-refractivity contribution is 6.10. The Morgan fingerprint density at radius 1 is 1.00 bits per heavy atom. The SMILES string of the molecule is COc1ccc(N2Cc3cnc(N(C(=O)[C@H](C)N)c4ccc(C)cc4)nc3N(c3ccccc3)C2=O)cc1. The van der Waals surface area contributed by atoms with Crippen LogP contribution in [-0.4, -0.2) is 35.1 Å². The number of carbonyl (C=O) groups is 2. The number of aryl methyl sites for hydroxylation is 1. The van der Waals surface area contributed by atoms with E-state index in [1.165, 1.54) is 9.80 Å². The number of benzene rings is 3. The van der Waals surface area contributed by atoms with E-state index in [-0.39, 0.29) is 24.4 Å². The van der Waals surface area contributed by atoms with Gasteiger partial charge in [-0.25, -0.2) is 19.6 Å². The number of hydrogen-bond donors (Lipinski definition) is 1. The molecule has 5 rings (SSSR count). The molecule has 3 amide bonds. The van der Waals surface area contributed by atoms with Gasteiger partial charge in [0.05, 0.1) is 31.1 Å². The fourth-order valence-corrected chi connectivity index (χ4v) is 4.26. The summed E-state index contributed by atoms with van der Waals surface area (Å²) in [6.45, 7) is 3.85. The number of urea groups is 1. The molecule has 192 valence electrons. The van der Waals surface area contributed by atoms with Crippen LogP contribution in [0.4, 0.5) is 33.6 Å². The van der Waals surface area contributed by atoms with Crippen LogP contribution in [0.3, 0.4) is 0 Å². The maximum Gasteiger partial charge on any atom is 0.335 e. The lowest BCUT2D eigenvalue weighted by Crippen LogP contribution is -2.46. The lowest BCUT2D eigenvalue weighted by Gasteiger charge is -2.36. The van der Waals surface area contributed by atoms with Crippen LogP contribution in [0, 0.1) is 6.92 Å². The molecule has 1 aromatic heterocycles. The standard InChI is InChI=1S/C29H28N6O3/c1-19-9-11-24(12-10-19)35(27(36)20(2)30)28-31-17-21-18-33(22-13-15-25(38-3)16-14-22)29(37)34(26(21)32-28)23-7-5-4-6-8-23/h4-17,20H,18,30H2,1-3H3/t20-/m0/s1. The molecular weight excluding hydrogens is 480 g/mol. The zero-order chi connectivity index (χ0) is 26.8. The van der Waals surface area contributed by atoms with Crippen LogP contribution in [-0.2, 0) is 11.3 Å². The lowest BCUT2D eigenvalue weighted by atomic mass is 10.1. The number of ether oxygens (including phenoxy) is 1. The molecule has 9 heteroatoms. The van der Waals surface area contributed by atoms with Crippen molar-refractivity contribution in [1.82, 2.24) is 9.97 Å². The predicted molar refractivity (Wildman–Crippen MR) is 147 cm³/mol. The largest absolute Gasteiger partial charge is 0.497 e. The average molecular weight is 509 g/mol. The normalized spacial score (nSPS) is 13.6. The van der Waals surface area contributed by atoms with E-state index in [4.69, 9.17) is 15.5 Å². The second kappa shape index (κ2) is 10.3. The monoisotopic (exact) mass is 508 g/mol. The van der Waals surface area contributed by atoms with Crippen LogP contribution < -0.4 is 25.2 Å². The highest BCUT2D eigenvalue weighted by Crippen LogP contribution is 2.37. The number of carbonyl (C=O) groups excluding carboxylic acids is 2. The minimum Gasteiger partial charge on any atom is -0.497 e. The minimum absolute atomic E-state index is 0.140. The van der Waals surface area contributed by atoms with Crippen molar-refractivity contribution < 1.29 is 14.3 Å². The number of hydrogen-bond acceptors (Lipinski definition) is 6. The van der Waals surface area contributed by atoms with Gasteiger partial charge in [0.1, 0.15) is 5.75 Å². The Bertz CT molecular complexity index is 1460. The number of rotatable bonds is 6. The molecule has 0 radical (unpaired) electrons. The second-order valence-corrected chi connectivity index (χ2v) is 9.05. The first kappa shape index (κ1) is 24.9. The summed E-state index contributed by atoms with van der Waals surface area (Å²) in [6.07, 6.45) is 1.66. The van der Waals surface area contributed by atoms with Gasteiger partial charge in [-0.15, -0.1) is 0 Å².